The topological polar surface area (TPSA) is 102 Å². The molecule has 7 nitrogen and oxygen atoms in total. The van der Waals surface area contributed by atoms with Gasteiger partial charge in [-0.15, -0.1) is 0 Å². The predicted octanol–water partition coefficient (Wildman–Crippen LogP) is 2.12. The summed E-state index contributed by atoms with van der Waals surface area (Å²) in [5.74, 6) is -1.63. The molecule has 0 aliphatic carbocycles. The predicted molar refractivity (Wildman–Crippen MR) is 104 cm³/mol. The summed E-state index contributed by atoms with van der Waals surface area (Å²) < 4.78 is 4.99. The van der Waals surface area contributed by atoms with Gasteiger partial charge in [0.05, 0.1) is 11.6 Å². The van der Waals surface area contributed by atoms with Gasteiger partial charge in [0, 0.05) is 12.6 Å². The fourth-order valence-corrected chi connectivity index (χ4v) is 2.49. The van der Waals surface area contributed by atoms with E-state index in [1.54, 1.807) is 12.1 Å². The lowest BCUT2D eigenvalue weighted by atomic mass is 10.0. The summed E-state index contributed by atoms with van der Waals surface area (Å²) in [7, 11) is 0. The minimum atomic E-state index is -0.689. The number of benzene rings is 2. The highest BCUT2D eigenvalue weighted by atomic mass is 16.5. The van der Waals surface area contributed by atoms with Crippen LogP contribution in [0.15, 0.2) is 54.6 Å². The molecule has 0 spiro atoms. The number of esters is 1. The fourth-order valence-electron chi connectivity index (χ4n) is 2.49. The maximum Gasteiger partial charge on any atom is 0.338 e. The molecule has 0 fully saturated rings. The summed E-state index contributed by atoms with van der Waals surface area (Å²) in [6, 6.07) is 14.7. The molecular weight excluding hydrogens is 360 g/mol. The van der Waals surface area contributed by atoms with Crippen LogP contribution in [0.25, 0.3) is 0 Å². The number of ketones is 1. The van der Waals surface area contributed by atoms with Crippen molar-refractivity contribution in [3.63, 3.8) is 0 Å². The van der Waals surface area contributed by atoms with Crippen molar-refractivity contribution in [2.75, 3.05) is 11.9 Å². The Morgan fingerprint density at radius 2 is 1.57 bits per heavy atom. The largest absolute Gasteiger partial charge is 0.452 e. The van der Waals surface area contributed by atoms with Crippen LogP contribution >= 0.6 is 0 Å². The van der Waals surface area contributed by atoms with Gasteiger partial charge in [-0.05, 0) is 43.2 Å². The van der Waals surface area contributed by atoms with Gasteiger partial charge in [0.2, 0.25) is 5.91 Å². The Labute approximate surface area is 163 Å². The van der Waals surface area contributed by atoms with Gasteiger partial charge in [-0.1, -0.05) is 30.3 Å². The van der Waals surface area contributed by atoms with Crippen molar-refractivity contribution in [3.05, 3.63) is 65.7 Å². The molecule has 7 heteroatoms. The van der Waals surface area contributed by atoms with Crippen LogP contribution in [0.1, 0.15) is 29.8 Å². The quantitative estimate of drug-likeness (QED) is 0.681. The van der Waals surface area contributed by atoms with E-state index in [9.17, 15) is 19.2 Å². The maximum absolute atomic E-state index is 12.1. The second kappa shape index (κ2) is 10.0. The van der Waals surface area contributed by atoms with Gasteiger partial charge < -0.3 is 15.4 Å². The van der Waals surface area contributed by atoms with E-state index in [0.29, 0.717) is 12.1 Å². The van der Waals surface area contributed by atoms with Gasteiger partial charge >= 0.3 is 5.97 Å². The molecule has 0 aromatic heterocycles. The molecule has 2 rings (SSSR count). The highest BCUT2D eigenvalue weighted by Gasteiger charge is 2.19. The smallest absolute Gasteiger partial charge is 0.338 e. The summed E-state index contributed by atoms with van der Waals surface area (Å²) in [5.41, 5.74) is 1.71. The van der Waals surface area contributed by atoms with Gasteiger partial charge in [0.15, 0.2) is 12.4 Å². The molecule has 2 amide bonds. The third-order valence-electron chi connectivity index (χ3n) is 3.88. The van der Waals surface area contributed by atoms with E-state index in [0.717, 1.165) is 5.56 Å². The number of carbonyl (C=O) groups excluding carboxylic acids is 4. The van der Waals surface area contributed by atoms with Crippen LogP contribution in [0.2, 0.25) is 0 Å². The monoisotopic (exact) mass is 382 g/mol. The fraction of sp³-hybridized carbons (Fsp3) is 0.238. The molecule has 0 bridgehead atoms. The second-order valence-corrected chi connectivity index (χ2v) is 6.26. The Balaban J connectivity index is 1.86. The van der Waals surface area contributed by atoms with Gasteiger partial charge in [0.1, 0.15) is 0 Å². The average Bonchev–Trinajstić information content (AvgIpc) is 2.66. The first-order valence-electron chi connectivity index (χ1n) is 8.73. The van der Waals surface area contributed by atoms with Crippen LogP contribution in [0, 0.1) is 0 Å². The molecule has 2 aromatic rings. The Kier molecular flexibility index (Phi) is 7.45. The Morgan fingerprint density at radius 1 is 0.929 bits per heavy atom. The number of anilines is 1. The zero-order chi connectivity index (χ0) is 20.5. The van der Waals surface area contributed by atoms with Crippen molar-refractivity contribution < 1.29 is 23.9 Å². The molecule has 0 aliphatic heterocycles. The molecule has 0 heterocycles. The third kappa shape index (κ3) is 6.68. The van der Waals surface area contributed by atoms with Crippen molar-refractivity contribution in [1.29, 1.82) is 0 Å². The lowest BCUT2D eigenvalue weighted by Gasteiger charge is -2.16. The number of amides is 2. The van der Waals surface area contributed by atoms with Crippen LogP contribution in [0.4, 0.5) is 5.69 Å². The first kappa shape index (κ1) is 20.8. The van der Waals surface area contributed by atoms with Crippen molar-refractivity contribution in [3.8, 4) is 0 Å². The standard InChI is InChI=1S/C21H22N2O5/c1-14(24)19(12-16-6-4-3-5-7-16)23-20(26)13-28-21(27)17-8-10-18(11-9-17)22-15(2)25/h3-11,19H,12-13H2,1-2H3,(H,22,25)(H,23,26). The maximum atomic E-state index is 12.1. The summed E-state index contributed by atoms with van der Waals surface area (Å²) in [6.07, 6.45) is 0.362. The molecule has 28 heavy (non-hydrogen) atoms. The summed E-state index contributed by atoms with van der Waals surface area (Å²) in [6.45, 7) is 2.29. The molecule has 2 aromatic carbocycles. The van der Waals surface area contributed by atoms with Crippen LogP contribution in [-0.2, 0) is 25.5 Å². The van der Waals surface area contributed by atoms with Crippen LogP contribution < -0.4 is 10.6 Å². The summed E-state index contributed by atoms with van der Waals surface area (Å²) in [4.78, 5) is 46.9. The van der Waals surface area contributed by atoms with E-state index in [1.165, 1.54) is 26.0 Å². The SMILES string of the molecule is CC(=O)Nc1ccc(C(=O)OCC(=O)NC(Cc2ccccc2)C(C)=O)cc1. The van der Waals surface area contributed by atoms with Crippen molar-refractivity contribution in [2.45, 2.75) is 26.3 Å². The highest BCUT2D eigenvalue weighted by molar-refractivity contribution is 5.94. The van der Waals surface area contributed by atoms with Gasteiger partial charge in [0.25, 0.3) is 5.91 Å². The Morgan fingerprint density at radius 3 is 2.14 bits per heavy atom. The van der Waals surface area contributed by atoms with Crippen molar-refractivity contribution in [1.82, 2.24) is 5.32 Å². The number of hydrogen-bond donors (Lipinski definition) is 2. The zero-order valence-electron chi connectivity index (χ0n) is 15.7. The Bertz CT molecular complexity index is 847. The van der Waals surface area contributed by atoms with Crippen LogP contribution in [0.5, 0.6) is 0 Å². The number of nitrogens with one attached hydrogen (secondary N) is 2. The highest BCUT2D eigenvalue weighted by Crippen LogP contribution is 2.10. The average molecular weight is 382 g/mol. The normalized spacial score (nSPS) is 11.2. The zero-order valence-corrected chi connectivity index (χ0v) is 15.7. The minimum Gasteiger partial charge on any atom is -0.452 e. The molecule has 0 saturated carbocycles. The van der Waals surface area contributed by atoms with E-state index >= 15 is 0 Å². The lowest BCUT2D eigenvalue weighted by Crippen LogP contribution is -2.43. The van der Waals surface area contributed by atoms with E-state index in [2.05, 4.69) is 10.6 Å². The first-order chi connectivity index (χ1) is 13.3. The Hall–Kier alpha value is -3.48. The van der Waals surface area contributed by atoms with Crippen LogP contribution in [0.3, 0.4) is 0 Å². The third-order valence-corrected chi connectivity index (χ3v) is 3.88. The van der Waals surface area contributed by atoms with Crippen molar-refractivity contribution >= 4 is 29.3 Å². The van der Waals surface area contributed by atoms with Gasteiger partial charge in [-0.2, -0.15) is 0 Å². The van der Waals surface area contributed by atoms with Crippen molar-refractivity contribution in [2.24, 2.45) is 0 Å². The number of hydrogen-bond acceptors (Lipinski definition) is 5. The van der Waals surface area contributed by atoms with Gasteiger partial charge in [-0.3, -0.25) is 14.4 Å². The van der Waals surface area contributed by atoms with Crippen LogP contribution in [-0.4, -0.2) is 36.2 Å². The number of rotatable bonds is 8. The molecular formula is C21H22N2O5. The molecule has 0 aliphatic rings. The lowest BCUT2D eigenvalue weighted by molar-refractivity contribution is -0.128. The summed E-state index contributed by atoms with van der Waals surface area (Å²) >= 11 is 0. The summed E-state index contributed by atoms with van der Waals surface area (Å²) in [5, 5.41) is 5.18. The van der Waals surface area contributed by atoms with E-state index < -0.39 is 24.5 Å². The number of carbonyl (C=O) groups is 4. The molecule has 0 radical (unpaired) electrons. The number of Topliss-reactive ketones (excluding diaryl/α,β-unsaturated/α-hetero) is 1. The van der Waals surface area contributed by atoms with E-state index in [1.807, 2.05) is 30.3 Å². The van der Waals surface area contributed by atoms with E-state index in [-0.39, 0.29) is 17.3 Å². The minimum absolute atomic E-state index is 0.183. The first-order valence-corrected chi connectivity index (χ1v) is 8.73. The van der Waals surface area contributed by atoms with Gasteiger partial charge in [-0.25, -0.2) is 4.79 Å². The molecule has 1 unspecified atom stereocenters. The molecule has 0 saturated heterocycles. The molecule has 1 atom stereocenters. The molecule has 2 N–H and O–H groups in total. The molecule has 146 valence electrons. The van der Waals surface area contributed by atoms with E-state index in [4.69, 9.17) is 4.74 Å². The second-order valence-electron chi connectivity index (χ2n) is 6.26. The number of ether oxygens (including phenoxy) is 1.